The molecule has 35 heavy (non-hydrogen) atoms. The Balaban J connectivity index is 1.95. The van der Waals surface area contributed by atoms with Crippen molar-refractivity contribution < 1.29 is 14.6 Å². The normalized spacial score (nSPS) is 11.1. The zero-order chi connectivity index (χ0) is 24.9. The molecule has 10 heteroatoms. The van der Waals surface area contributed by atoms with Crippen LogP contribution in [-0.2, 0) is 0 Å². The van der Waals surface area contributed by atoms with Gasteiger partial charge in [0.05, 0.1) is 30.8 Å². The molecule has 4 rings (SSSR count). The van der Waals surface area contributed by atoms with Gasteiger partial charge < -0.3 is 14.6 Å². The highest BCUT2D eigenvalue weighted by molar-refractivity contribution is 14.1. The summed E-state index contributed by atoms with van der Waals surface area (Å²) in [7, 11) is 1.52. The fourth-order valence-corrected chi connectivity index (χ4v) is 4.14. The van der Waals surface area contributed by atoms with Gasteiger partial charge in [0.2, 0.25) is 11.6 Å². The Labute approximate surface area is 220 Å². The van der Waals surface area contributed by atoms with Gasteiger partial charge in [-0.2, -0.15) is 5.11 Å². The van der Waals surface area contributed by atoms with Gasteiger partial charge in [-0.3, -0.25) is 13.9 Å². The average molecular weight is 600 g/mol. The molecule has 0 aliphatic heterocycles. The predicted octanol–water partition coefficient (Wildman–Crippen LogP) is 6.49. The SMILES string of the molecule is CCOc1ccc(N=Nc2c(O)n(-c3ccccc3OC)c(=S)n(-c3ccc(I)cc3)c2=O)cc1. The van der Waals surface area contributed by atoms with Crippen LogP contribution in [0, 0.1) is 8.34 Å². The molecule has 1 N–H and O–H groups in total. The van der Waals surface area contributed by atoms with Crippen molar-refractivity contribution in [1.29, 1.82) is 0 Å². The van der Waals surface area contributed by atoms with Gasteiger partial charge >= 0.3 is 0 Å². The molecule has 4 aromatic rings. The summed E-state index contributed by atoms with van der Waals surface area (Å²) in [6, 6.07) is 21.2. The van der Waals surface area contributed by atoms with E-state index in [1.54, 1.807) is 60.7 Å². The minimum absolute atomic E-state index is 0.0539. The molecule has 0 atom stereocenters. The summed E-state index contributed by atoms with van der Waals surface area (Å²) in [5, 5.41) is 19.5. The van der Waals surface area contributed by atoms with Crippen LogP contribution >= 0.6 is 34.8 Å². The van der Waals surface area contributed by atoms with Gasteiger partial charge in [0.1, 0.15) is 11.5 Å². The Hall–Kier alpha value is -3.51. The summed E-state index contributed by atoms with van der Waals surface area (Å²) in [6.45, 7) is 2.44. The van der Waals surface area contributed by atoms with E-state index in [1.165, 1.54) is 16.2 Å². The first-order valence-corrected chi connectivity index (χ1v) is 12.1. The van der Waals surface area contributed by atoms with Crippen LogP contribution in [0.4, 0.5) is 11.4 Å². The maximum atomic E-state index is 13.5. The predicted molar refractivity (Wildman–Crippen MR) is 145 cm³/mol. The lowest BCUT2D eigenvalue weighted by Gasteiger charge is -2.17. The first-order valence-electron chi connectivity index (χ1n) is 10.6. The molecular weight excluding hydrogens is 579 g/mol. The van der Waals surface area contributed by atoms with Crippen molar-refractivity contribution in [2.24, 2.45) is 10.2 Å². The molecule has 0 amide bonds. The second-order valence-corrected chi connectivity index (χ2v) is 8.82. The van der Waals surface area contributed by atoms with Gasteiger partial charge in [0.25, 0.3) is 5.56 Å². The van der Waals surface area contributed by atoms with Crippen molar-refractivity contribution in [3.05, 3.63) is 91.5 Å². The first kappa shape index (κ1) is 24.6. The number of rotatable bonds is 7. The molecule has 0 aliphatic rings. The standard InChI is InChI=1S/C25H21IN4O4S/c1-3-34-19-14-10-17(11-15-19)27-28-22-23(31)29(18-12-8-16(26)9-13-18)25(35)30(24(22)32)20-6-4-5-7-21(20)33-2/h4-15,32H,3H2,1-2H3. The Morgan fingerprint density at radius 1 is 0.971 bits per heavy atom. The maximum Gasteiger partial charge on any atom is 0.290 e. The fourth-order valence-electron chi connectivity index (χ4n) is 3.41. The quantitative estimate of drug-likeness (QED) is 0.149. The lowest BCUT2D eigenvalue weighted by atomic mass is 10.2. The highest BCUT2D eigenvalue weighted by Gasteiger charge is 2.21. The third-order valence-electron chi connectivity index (χ3n) is 5.04. The molecule has 0 bridgehead atoms. The van der Waals surface area contributed by atoms with Crippen molar-refractivity contribution in [2.75, 3.05) is 13.7 Å². The van der Waals surface area contributed by atoms with Crippen LogP contribution in [0.5, 0.6) is 17.4 Å². The summed E-state index contributed by atoms with van der Waals surface area (Å²) in [5.74, 6) is 0.710. The zero-order valence-corrected chi connectivity index (χ0v) is 21.9. The van der Waals surface area contributed by atoms with Gasteiger partial charge in [-0.15, -0.1) is 5.11 Å². The van der Waals surface area contributed by atoms with E-state index in [1.807, 2.05) is 19.1 Å². The largest absolute Gasteiger partial charge is 0.495 e. The van der Waals surface area contributed by atoms with Gasteiger partial charge in [-0.1, -0.05) is 12.1 Å². The van der Waals surface area contributed by atoms with E-state index in [2.05, 4.69) is 32.8 Å². The molecule has 1 heterocycles. The van der Waals surface area contributed by atoms with Crippen molar-refractivity contribution in [2.45, 2.75) is 6.92 Å². The first-order chi connectivity index (χ1) is 16.9. The average Bonchev–Trinajstić information content (AvgIpc) is 2.86. The Morgan fingerprint density at radius 2 is 1.66 bits per heavy atom. The molecule has 178 valence electrons. The van der Waals surface area contributed by atoms with E-state index in [4.69, 9.17) is 21.7 Å². The van der Waals surface area contributed by atoms with E-state index in [0.29, 0.717) is 35.2 Å². The Kier molecular flexibility index (Phi) is 7.61. The van der Waals surface area contributed by atoms with E-state index >= 15 is 0 Å². The van der Waals surface area contributed by atoms with Crippen molar-refractivity contribution in [1.82, 2.24) is 9.13 Å². The lowest BCUT2D eigenvalue weighted by Crippen LogP contribution is -2.23. The molecule has 0 fully saturated rings. The van der Waals surface area contributed by atoms with Crippen LogP contribution in [0.3, 0.4) is 0 Å². The van der Waals surface area contributed by atoms with E-state index in [0.717, 1.165) is 3.57 Å². The summed E-state index contributed by atoms with van der Waals surface area (Å²) in [6.07, 6.45) is 0. The number of hydrogen-bond acceptors (Lipinski definition) is 7. The second kappa shape index (κ2) is 10.8. The minimum Gasteiger partial charge on any atom is -0.495 e. The second-order valence-electron chi connectivity index (χ2n) is 7.21. The van der Waals surface area contributed by atoms with Crippen LogP contribution in [0.25, 0.3) is 11.4 Å². The number of azo groups is 1. The molecule has 0 unspecified atom stereocenters. The molecule has 0 saturated heterocycles. The molecule has 3 aromatic carbocycles. The molecule has 1 aromatic heterocycles. The van der Waals surface area contributed by atoms with E-state index < -0.39 is 11.4 Å². The van der Waals surface area contributed by atoms with Crippen LogP contribution in [0.2, 0.25) is 0 Å². The minimum atomic E-state index is -0.602. The van der Waals surface area contributed by atoms with Crippen LogP contribution in [-0.4, -0.2) is 28.0 Å². The Morgan fingerprint density at radius 3 is 2.31 bits per heavy atom. The number of benzene rings is 3. The summed E-state index contributed by atoms with van der Waals surface area (Å²) < 4.78 is 14.6. The van der Waals surface area contributed by atoms with Gasteiger partial charge in [0, 0.05) is 3.57 Å². The van der Waals surface area contributed by atoms with Crippen molar-refractivity contribution in [3.63, 3.8) is 0 Å². The fraction of sp³-hybridized carbons (Fsp3) is 0.120. The molecule has 0 radical (unpaired) electrons. The van der Waals surface area contributed by atoms with E-state index in [-0.39, 0.29) is 10.5 Å². The highest BCUT2D eigenvalue weighted by atomic mass is 127. The van der Waals surface area contributed by atoms with E-state index in [9.17, 15) is 9.90 Å². The number of ether oxygens (including phenoxy) is 2. The van der Waals surface area contributed by atoms with Gasteiger partial charge in [-0.25, -0.2) is 0 Å². The number of aromatic nitrogens is 2. The monoisotopic (exact) mass is 600 g/mol. The number of para-hydroxylation sites is 2. The topological polar surface area (TPSA) is 90.3 Å². The third-order valence-corrected chi connectivity index (χ3v) is 6.12. The molecular formula is C25H21IN4O4S. The van der Waals surface area contributed by atoms with Gasteiger partial charge in [-0.05, 0) is 102 Å². The Bertz CT molecular complexity index is 1500. The van der Waals surface area contributed by atoms with Crippen LogP contribution in [0.1, 0.15) is 6.92 Å². The maximum absolute atomic E-state index is 13.5. The smallest absolute Gasteiger partial charge is 0.290 e. The molecule has 0 saturated carbocycles. The molecule has 8 nitrogen and oxygen atoms in total. The zero-order valence-electron chi connectivity index (χ0n) is 18.9. The van der Waals surface area contributed by atoms with Gasteiger partial charge in [0.15, 0.2) is 4.77 Å². The molecule has 0 aliphatic carbocycles. The summed E-state index contributed by atoms with van der Waals surface area (Å²) in [5.41, 5.74) is 0.599. The number of methoxy groups -OCH3 is 1. The summed E-state index contributed by atoms with van der Waals surface area (Å²) in [4.78, 5) is 13.5. The van der Waals surface area contributed by atoms with Crippen molar-refractivity contribution >= 4 is 46.2 Å². The lowest BCUT2D eigenvalue weighted by molar-refractivity contribution is 0.340. The summed E-state index contributed by atoms with van der Waals surface area (Å²) >= 11 is 7.85. The highest BCUT2D eigenvalue weighted by Crippen LogP contribution is 2.33. The van der Waals surface area contributed by atoms with Crippen LogP contribution in [0.15, 0.2) is 87.8 Å². The number of halogens is 1. The third kappa shape index (κ3) is 5.13. The van der Waals surface area contributed by atoms with Crippen LogP contribution < -0.4 is 15.0 Å². The molecule has 0 spiro atoms. The number of aromatic hydroxyl groups is 1. The number of hydrogen-bond donors (Lipinski definition) is 1. The van der Waals surface area contributed by atoms with Crippen molar-refractivity contribution in [3.8, 4) is 28.8 Å². The number of nitrogens with zero attached hydrogens (tertiary/aromatic N) is 4.